The van der Waals surface area contributed by atoms with Crippen molar-refractivity contribution in [1.29, 1.82) is 0 Å². The number of fused-ring (bicyclic) bond motifs is 13. The second-order valence-electron chi connectivity index (χ2n) is 16.8. The minimum absolute atomic E-state index is 0.934. The van der Waals surface area contributed by atoms with Gasteiger partial charge < -0.3 is 13.7 Å². The molecule has 0 bridgehead atoms. The minimum Gasteiger partial charge on any atom is -0.309 e. The van der Waals surface area contributed by atoms with Crippen molar-refractivity contribution in [2.24, 2.45) is 0 Å². The van der Waals surface area contributed by atoms with Gasteiger partial charge >= 0.3 is 0 Å². The van der Waals surface area contributed by atoms with Crippen molar-refractivity contribution in [3.05, 3.63) is 218 Å². The molecule has 14 aromatic rings. The van der Waals surface area contributed by atoms with Gasteiger partial charge in [0.05, 0.1) is 50.0 Å². The van der Waals surface area contributed by atoms with Crippen LogP contribution in [0.1, 0.15) is 0 Å². The highest BCUT2D eigenvalue weighted by Gasteiger charge is 2.20. The first kappa shape index (κ1) is 34.3. The van der Waals surface area contributed by atoms with E-state index < -0.39 is 0 Å². The number of rotatable bonds is 4. The van der Waals surface area contributed by atoms with Crippen LogP contribution >= 0.6 is 0 Å². The van der Waals surface area contributed by atoms with Crippen LogP contribution in [-0.2, 0) is 0 Å². The smallest absolute Gasteiger partial charge is 0.0731 e. The molecule has 0 amide bonds. The van der Waals surface area contributed by atoms with Crippen LogP contribution in [0.25, 0.3) is 126 Å². The van der Waals surface area contributed by atoms with Crippen LogP contribution < -0.4 is 0 Å². The lowest BCUT2D eigenvalue weighted by Crippen LogP contribution is -1.99. The van der Waals surface area contributed by atoms with Gasteiger partial charge in [0.15, 0.2) is 0 Å². The van der Waals surface area contributed by atoms with Gasteiger partial charge in [0.2, 0.25) is 0 Å². The molecule has 0 saturated heterocycles. The van der Waals surface area contributed by atoms with Crippen LogP contribution in [0, 0.1) is 0 Å². The van der Waals surface area contributed by atoms with Crippen molar-refractivity contribution in [2.45, 2.75) is 0 Å². The average molecular weight is 801 g/mol. The first-order chi connectivity index (χ1) is 31.2. The quantitative estimate of drug-likeness (QED) is 0.174. The van der Waals surface area contributed by atoms with Crippen molar-refractivity contribution in [1.82, 2.24) is 18.7 Å². The molecule has 0 N–H and O–H groups in total. The normalized spacial score (nSPS) is 12.1. The van der Waals surface area contributed by atoms with E-state index in [2.05, 4.69) is 232 Å². The molecule has 4 nitrogen and oxygen atoms in total. The van der Waals surface area contributed by atoms with Crippen molar-refractivity contribution < 1.29 is 0 Å². The van der Waals surface area contributed by atoms with E-state index in [1.54, 1.807) is 0 Å². The van der Waals surface area contributed by atoms with Gasteiger partial charge in [0, 0.05) is 54.6 Å². The van der Waals surface area contributed by atoms with Crippen LogP contribution in [0.3, 0.4) is 0 Å². The molecule has 14 rings (SSSR count). The standard InChI is InChI=1S/C59H36N4/c1-2-15-41(16-3-1)61-52-23-11-7-18-44(52)46-30-27-39(34-56(46)61)51-36-58(47-20-6-10-22-50(47)60-51)63-53-24-12-8-19-45(53)49-33-38-26-29-42(32-40(38)35-57(49)63)62-54-25-13-9-21-48(54)59-43-17-5-4-14-37(43)28-31-55(59)62/h1-36H. The highest BCUT2D eigenvalue weighted by atomic mass is 15.0. The topological polar surface area (TPSA) is 27.7 Å². The number of pyridine rings is 1. The molecule has 0 aliphatic heterocycles. The Kier molecular flexibility index (Phi) is 7.08. The zero-order valence-corrected chi connectivity index (χ0v) is 34.1. The number of para-hydroxylation sites is 5. The van der Waals surface area contributed by atoms with E-state index in [0.717, 1.165) is 50.3 Å². The van der Waals surface area contributed by atoms with Gasteiger partial charge in [-0.05, 0) is 100 Å². The summed E-state index contributed by atoms with van der Waals surface area (Å²) in [7, 11) is 0. The van der Waals surface area contributed by atoms with E-state index in [-0.39, 0.29) is 0 Å². The lowest BCUT2D eigenvalue weighted by molar-refractivity contribution is 1.18. The maximum atomic E-state index is 5.37. The Morgan fingerprint density at radius 1 is 0.286 bits per heavy atom. The maximum Gasteiger partial charge on any atom is 0.0731 e. The summed E-state index contributed by atoms with van der Waals surface area (Å²) in [6, 6.07) is 79.7. The molecule has 292 valence electrons. The second-order valence-corrected chi connectivity index (χ2v) is 16.8. The summed E-state index contributed by atoms with van der Waals surface area (Å²) in [6.45, 7) is 0. The predicted molar refractivity (Wildman–Crippen MR) is 265 cm³/mol. The third-order valence-electron chi connectivity index (χ3n) is 13.4. The van der Waals surface area contributed by atoms with Crippen LogP contribution in [0.5, 0.6) is 0 Å². The molecule has 0 fully saturated rings. The highest BCUT2D eigenvalue weighted by molar-refractivity contribution is 6.22. The third-order valence-corrected chi connectivity index (χ3v) is 13.4. The molecular weight excluding hydrogens is 765 g/mol. The summed E-state index contributed by atoms with van der Waals surface area (Å²) in [5, 5.41) is 13.5. The number of hydrogen-bond donors (Lipinski definition) is 0. The van der Waals surface area contributed by atoms with E-state index in [4.69, 9.17) is 4.98 Å². The molecule has 0 spiro atoms. The molecular formula is C59H36N4. The van der Waals surface area contributed by atoms with Gasteiger partial charge in [-0.3, -0.25) is 0 Å². The Hall–Kier alpha value is -8.47. The van der Waals surface area contributed by atoms with Gasteiger partial charge in [-0.25, -0.2) is 4.98 Å². The Bertz CT molecular complexity index is 4200. The molecule has 4 heteroatoms. The van der Waals surface area contributed by atoms with E-state index in [1.165, 1.54) is 75.9 Å². The average Bonchev–Trinajstić information content (AvgIpc) is 3.98. The van der Waals surface area contributed by atoms with Crippen LogP contribution in [0.15, 0.2) is 218 Å². The molecule has 0 radical (unpaired) electrons. The molecule has 4 heterocycles. The number of hydrogen-bond acceptors (Lipinski definition) is 1. The molecule has 0 aliphatic rings. The predicted octanol–water partition coefficient (Wildman–Crippen LogP) is 15.5. The zero-order valence-electron chi connectivity index (χ0n) is 34.1. The first-order valence-corrected chi connectivity index (χ1v) is 21.6. The van der Waals surface area contributed by atoms with Crippen molar-refractivity contribution in [2.75, 3.05) is 0 Å². The van der Waals surface area contributed by atoms with Crippen molar-refractivity contribution in [3.8, 4) is 28.3 Å². The van der Waals surface area contributed by atoms with E-state index >= 15 is 0 Å². The fourth-order valence-electron chi connectivity index (χ4n) is 10.6. The fourth-order valence-corrected chi connectivity index (χ4v) is 10.6. The summed E-state index contributed by atoms with van der Waals surface area (Å²) in [6.07, 6.45) is 0. The largest absolute Gasteiger partial charge is 0.309 e. The summed E-state index contributed by atoms with van der Waals surface area (Å²) < 4.78 is 7.29. The summed E-state index contributed by atoms with van der Waals surface area (Å²) in [4.78, 5) is 5.37. The minimum atomic E-state index is 0.934. The van der Waals surface area contributed by atoms with E-state index in [0.29, 0.717) is 0 Å². The molecule has 0 unspecified atom stereocenters. The fraction of sp³-hybridized carbons (Fsp3) is 0. The maximum absolute atomic E-state index is 5.37. The van der Waals surface area contributed by atoms with Gasteiger partial charge in [0.1, 0.15) is 0 Å². The van der Waals surface area contributed by atoms with Gasteiger partial charge in [-0.2, -0.15) is 0 Å². The van der Waals surface area contributed by atoms with Gasteiger partial charge in [0.25, 0.3) is 0 Å². The Balaban J connectivity index is 1.01. The lowest BCUT2D eigenvalue weighted by Gasteiger charge is -2.15. The molecule has 0 atom stereocenters. The molecule has 4 aromatic heterocycles. The third kappa shape index (κ3) is 4.95. The van der Waals surface area contributed by atoms with Gasteiger partial charge in [-0.1, -0.05) is 140 Å². The van der Waals surface area contributed by atoms with Crippen LogP contribution in [0.2, 0.25) is 0 Å². The van der Waals surface area contributed by atoms with Crippen LogP contribution in [0.4, 0.5) is 0 Å². The molecule has 63 heavy (non-hydrogen) atoms. The van der Waals surface area contributed by atoms with Crippen LogP contribution in [-0.4, -0.2) is 18.7 Å². The molecule has 0 saturated carbocycles. The second kappa shape index (κ2) is 13.0. The Morgan fingerprint density at radius 2 is 0.889 bits per heavy atom. The van der Waals surface area contributed by atoms with Crippen molar-refractivity contribution >= 4 is 97.9 Å². The Morgan fingerprint density at radius 3 is 1.71 bits per heavy atom. The van der Waals surface area contributed by atoms with Crippen molar-refractivity contribution in [3.63, 3.8) is 0 Å². The monoisotopic (exact) mass is 800 g/mol. The van der Waals surface area contributed by atoms with E-state index in [9.17, 15) is 0 Å². The van der Waals surface area contributed by atoms with E-state index in [1.807, 2.05) is 0 Å². The first-order valence-electron chi connectivity index (χ1n) is 21.6. The number of aromatic nitrogens is 4. The number of nitrogens with zero attached hydrogens (tertiary/aromatic N) is 4. The Labute approximate surface area is 361 Å². The van der Waals surface area contributed by atoms with Gasteiger partial charge in [-0.15, -0.1) is 0 Å². The summed E-state index contributed by atoms with van der Waals surface area (Å²) in [5.74, 6) is 0. The highest BCUT2D eigenvalue weighted by Crippen LogP contribution is 2.41. The number of benzene rings is 10. The summed E-state index contributed by atoms with van der Waals surface area (Å²) >= 11 is 0. The summed E-state index contributed by atoms with van der Waals surface area (Å²) in [5.41, 5.74) is 13.5. The molecule has 10 aromatic carbocycles. The zero-order chi connectivity index (χ0) is 41.2. The lowest BCUT2D eigenvalue weighted by atomic mass is 10.0. The SMILES string of the molecule is c1ccc(-n2c3ccccc3c3ccc(-c4cc(-n5c6ccccc6c6cc7ccc(-n8c9ccccc9c9c%10ccccc%10ccc98)cc7cc65)c5ccccc5n4)cc32)cc1. The molecule has 0 aliphatic carbocycles.